The van der Waals surface area contributed by atoms with Crippen LogP contribution >= 0.6 is 0 Å². The van der Waals surface area contributed by atoms with Crippen molar-refractivity contribution in [3.8, 4) is 0 Å². The standard InChI is InChI=1S/C21H24N2O/c1-23(15-20-19-11-4-5-12-21(19)24-22-20)14-13-17-9-6-8-16-7-2-3-10-18(16)17/h2-3,6-10H,4-5,11-15H2,1H3. The van der Waals surface area contributed by atoms with Gasteiger partial charge in [-0.1, -0.05) is 47.6 Å². The minimum absolute atomic E-state index is 0.879. The summed E-state index contributed by atoms with van der Waals surface area (Å²) in [5.74, 6) is 1.12. The van der Waals surface area contributed by atoms with Crippen LogP contribution < -0.4 is 0 Å². The van der Waals surface area contributed by atoms with Crippen molar-refractivity contribution in [3.05, 3.63) is 65.0 Å². The smallest absolute Gasteiger partial charge is 0.140 e. The van der Waals surface area contributed by atoms with Crippen LogP contribution in [0.2, 0.25) is 0 Å². The summed E-state index contributed by atoms with van der Waals surface area (Å²) in [6, 6.07) is 15.2. The van der Waals surface area contributed by atoms with Crippen molar-refractivity contribution in [1.29, 1.82) is 0 Å². The maximum Gasteiger partial charge on any atom is 0.140 e. The fourth-order valence-corrected chi connectivity index (χ4v) is 3.73. The number of rotatable bonds is 5. The van der Waals surface area contributed by atoms with Gasteiger partial charge in [0.15, 0.2) is 0 Å². The molecule has 3 heteroatoms. The van der Waals surface area contributed by atoms with Crippen LogP contribution in [0.3, 0.4) is 0 Å². The van der Waals surface area contributed by atoms with Crippen molar-refractivity contribution >= 4 is 10.8 Å². The van der Waals surface area contributed by atoms with Gasteiger partial charge in [-0.15, -0.1) is 0 Å². The second-order valence-electron chi connectivity index (χ2n) is 6.86. The van der Waals surface area contributed by atoms with Gasteiger partial charge in [-0.25, -0.2) is 0 Å². The first-order chi connectivity index (χ1) is 11.8. The van der Waals surface area contributed by atoms with Gasteiger partial charge < -0.3 is 9.42 Å². The highest BCUT2D eigenvalue weighted by Crippen LogP contribution is 2.25. The Labute approximate surface area is 143 Å². The van der Waals surface area contributed by atoms with Crippen molar-refractivity contribution in [3.63, 3.8) is 0 Å². The first-order valence-corrected chi connectivity index (χ1v) is 8.93. The highest BCUT2D eigenvalue weighted by Gasteiger charge is 2.20. The summed E-state index contributed by atoms with van der Waals surface area (Å²) in [7, 11) is 2.18. The molecule has 3 aromatic rings. The molecule has 0 atom stereocenters. The van der Waals surface area contributed by atoms with Gasteiger partial charge in [-0.2, -0.15) is 0 Å². The van der Waals surface area contributed by atoms with Crippen LogP contribution in [0.4, 0.5) is 0 Å². The third-order valence-corrected chi connectivity index (χ3v) is 5.09. The quantitative estimate of drug-likeness (QED) is 0.698. The molecule has 124 valence electrons. The molecule has 0 saturated heterocycles. The van der Waals surface area contributed by atoms with E-state index in [4.69, 9.17) is 4.52 Å². The number of hydrogen-bond acceptors (Lipinski definition) is 3. The normalized spacial score (nSPS) is 14.2. The molecule has 1 heterocycles. The van der Waals surface area contributed by atoms with E-state index in [1.165, 1.54) is 34.7 Å². The Morgan fingerprint density at radius 2 is 1.88 bits per heavy atom. The maximum atomic E-state index is 5.53. The summed E-state index contributed by atoms with van der Waals surface area (Å²) in [5.41, 5.74) is 3.94. The highest BCUT2D eigenvalue weighted by atomic mass is 16.5. The first kappa shape index (κ1) is 15.4. The molecule has 3 nitrogen and oxygen atoms in total. The predicted octanol–water partition coefficient (Wildman–Crippen LogP) is 4.38. The lowest BCUT2D eigenvalue weighted by molar-refractivity contribution is 0.310. The Morgan fingerprint density at radius 1 is 1.04 bits per heavy atom. The predicted molar refractivity (Wildman–Crippen MR) is 97.1 cm³/mol. The fourth-order valence-electron chi connectivity index (χ4n) is 3.73. The Morgan fingerprint density at radius 3 is 2.83 bits per heavy atom. The molecule has 4 rings (SSSR count). The maximum absolute atomic E-state index is 5.53. The van der Waals surface area contributed by atoms with Gasteiger partial charge in [0.25, 0.3) is 0 Å². The van der Waals surface area contributed by atoms with E-state index in [0.717, 1.165) is 43.8 Å². The molecule has 0 unspecified atom stereocenters. The van der Waals surface area contributed by atoms with Crippen LogP contribution in [-0.2, 0) is 25.8 Å². The molecule has 0 spiro atoms. The second-order valence-corrected chi connectivity index (χ2v) is 6.86. The van der Waals surface area contributed by atoms with Crippen molar-refractivity contribution in [2.24, 2.45) is 0 Å². The zero-order valence-electron chi connectivity index (χ0n) is 14.3. The minimum Gasteiger partial charge on any atom is -0.361 e. The van der Waals surface area contributed by atoms with Crippen LogP contribution in [0.5, 0.6) is 0 Å². The average molecular weight is 320 g/mol. The third kappa shape index (κ3) is 3.09. The van der Waals surface area contributed by atoms with Gasteiger partial charge >= 0.3 is 0 Å². The number of likely N-dealkylation sites (N-methyl/N-ethyl adjacent to an activating group) is 1. The topological polar surface area (TPSA) is 29.3 Å². The average Bonchev–Trinajstić information content (AvgIpc) is 3.03. The zero-order valence-corrected chi connectivity index (χ0v) is 14.3. The van der Waals surface area contributed by atoms with Gasteiger partial charge in [0, 0.05) is 25.1 Å². The molecule has 0 fully saturated rings. The summed E-state index contributed by atoms with van der Waals surface area (Å²) >= 11 is 0. The lowest BCUT2D eigenvalue weighted by Gasteiger charge is -2.17. The van der Waals surface area contributed by atoms with Crippen LogP contribution in [0.25, 0.3) is 10.8 Å². The molecule has 1 aromatic heterocycles. The Balaban J connectivity index is 1.43. The summed E-state index contributed by atoms with van der Waals surface area (Å²) < 4.78 is 5.53. The minimum atomic E-state index is 0.879. The van der Waals surface area contributed by atoms with E-state index in [-0.39, 0.29) is 0 Å². The van der Waals surface area contributed by atoms with Crippen LogP contribution in [-0.4, -0.2) is 23.6 Å². The molecule has 1 aliphatic carbocycles. The number of aryl methyl sites for hydroxylation is 1. The van der Waals surface area contributed by atoms with Gasteiger partial charge in [-0.3, -0.25) is 0 Å². The molecular weight excluding hydrogens is 296 g/mol. The van der Waals surface area contributed by atoms with E-state index in [1.54, 1.807) is 0 Å². The molecular formula is C21H24N2O. The molecule has 0 saturated carbocycles. The van der Waals surface area contributed by atoms with E-state index in [0.29, 0.717) is 0 Å². The summed E-state index contributed by atoms with van der Waals surface area (Å²) in [5, 5.41) is 7.02. The Bertz CT molecular complexity index is 831. The van der Waals surface area contributed by atoms with E-state index in [2.05, 4.69) is 59.6 Å². The molecule has 0 radical (unpaired) electrons. The lowest BCUT2D eigenvalue weighted by atomic mass is 9.96. The van der Waals surface area contributed by atoms with Crippen LogP contribution in [0, 0.1) is 0 Å². The van der Waals surface area contributed by atoms with Crippen molar-refractivity contribution in [1.82, 2.24) is 10.1 Å². The van der Waals surface area contributed by atoms with E-state index < -0.39 is 0 Å². The molecule has 2 aromatic carbocycles. The van der Waals surface area contributed by atoms with Crippen LogP contribution in [0.1, 0.15) is 35.4 Å². The third-order valence-electron chi connectivity index (χ3n) is 5.09. The second kappa shape index (κ2) is 6.78. The molecule has 0 amide bonds. The Hall–Kier alpha value is -2.13. The molecule has 0 bridgehead atoms. The molecule has 24 heavy (non-hydrogen) atoms. The van der Waals surface area contributed by atoms with Gasteiger partial charge in [0.1, 0.15) is 11.5 Å². The first-order valence-electron chi connectivity index (χ1n) is 8.93. The van der Waals surface area contributed by atoms with Crippen molar-refractivity contribution in [2.45, 2.75) is 38.6 Å². The summed E-state index contributed by atoms with van der Waals surface area (Å²) in [4.78, 5) is 2.36. The summed E-state index contributed by atoms with van der Waals surface area (Å²) in [6.45, 7) is 1.90. The zero-order chi connectivity index (χ0) is 16.4. The molecule has 1 aliphatic rings. The molecule has 0 N–H and O–H groups in total. The number of fused-ring (bicyclic) bond motifs is 2. The van der Waals surface area contributed by atoms with E-state index >= 15 is 0 Å². The van der Waals surface area contributed by atoms with E-state index in [1.807, 2.05) is 0 Å². The van der Waals surface area contributed by atoms with E-state index in [9.17, 15) is 0 Å². The Kier molecular flexibility index (Phi) is 4.35. The van der Waals surface area contributed by atoms with Crippen molar-refractivity contribution in [2.75, 3.05) is 13.6 Å². The SMILES string of the molecule is CN(CCc1cccc2ccccc12)Cc1noc2c1CCCC2. The van der Waals surface area contributed by atoms with Crippen LogP contribution in [0.15, 0.2) is 47.0 Å². The fraction of sp³-hybridized carbons (Fsp3) is 0.381. The summed E-state index contributed by atoms with van der Waals surface area (Å²) in [6.07, 6.45) is 5.74. The highest BCUT2D eigenvalue weighted by molar-refractivity contribution is 5.85. The number of hydrogen-bond donors (Lipinski definition) is 0. The number of aromatic nitrogens is 1. The van der Waals surface area contributed by atoms with Gasteiger partial charge in [0.05, 0.1) is 0 Å². The largest absolute Gasteiger partial charge is 0.361 e. The number of benzene rings is 2. The number of nitrogens with zero attached hydrogens (tertiary/aromatic N) is 2. The van der Waals surface area contributed by atoms with Gasteiger partial charge in [-0.05, 0) is 49.1 Å². The molecule has 0 aliphatic heterocycles. The monoisotopic (exact) mass is 320 g/mol. The lowest BCUT2D eigenvalue weighted by Crippen LogP contribution is -2.22. The van der Waals surface area contributed by atoms with Gasteiger partial charge in [0.2, 0.25) is 0 Å². The van der Waals surface area contributed by atoms with Crippen molar-refractivity contribution < 1.29 is 4.52 Å².